The van der Waals surface area contributed by atoms with E-state index in [0.717, 1.165) is 0 Å². The van der Waals surface area contributed by atoms with Crippen molar-refractivity contribution in [2.75, 3.05) is 13.2 Å². The van der Waals surface area contributed by atoms with Crippen molar-refractivity contribution in [1.29, 1.82) is 0 Å². The van der Waals surface area contributed by atoms with Gasteiger partial charge >= 0.3 is 0 Å². The second-order valence-electron chi connectivity index (χ2n) is 5.14. The van der Waals surface area contributed by atoms with Gasteiger partial charge in [0.2, 0.25) is 5.91 Å². The van der Waals surface area contributed by atoms with Crippen LogP contribution in [-0.2, 0) is 13.8 Å². The van der Waals surface area contributed by atoms with Gasteiger partial charge in [0.05, 0.1) is 4.90 Å². The molecule has 0 radical (unpaired) electrons. The van der Waals surface area contributed by atoms with Crippen LogP contribution in [0.1, 0.15) is 25.3 Å². The Morgan fingerprint density at radius 1 is 1.50 bits per heavy atom. The van der Waals surface area contributed by atoms with Crippen molar-refractivity contribution in [2.45, 2.75) is 24.7 Å². The van der Waals surface area contributed by atoms with Gasteiger partial charge in [-0.25, -0.2) is 8.42 Å². The maximum Gasteiger partial charge on any atom is 0.261 e. The lowest BCUT2D eigenvalue weighted by atomic mass is 10.0. The lowest BCUT2D eigenvalue weighted by Gasteiger charge is -2.12. The molecule has 1 N–H and O–H groups in total. The predicted octanol–water partition coefficient (Wildman–Crippen LogP) is 1.86. The molecule has 0 fully saturated rings. The Morgan fingerprint density at radius 3 is 2.80 bits per heavy atom. The van der Waals surface area contributed by atoms with E-state index in [1.165, 1.54) is 18.2 Å². The molecule has 1 amide bonds. The summed E-state index contributed by atoms with van der Waals surface area (Å²) in [5, 5.41) is 2.82. The van der Waals surface area contributed by atoms with Crippen LogP contribution < -0.4 is 10.1 Å². The first-order chi connectivity index (χ1) is 9.29. The molecule has 0 aliphatic carbocycles. The normalized spacial score (nSPS) is 17.7. The van der Waals surface area contributed by atoms with Crippen LogP contribution >= 0.6 is 10.7 Å². The number of rotatable bonds is 4. The minimum Gasteiger partial charge on any atom is -0.492 e. The molecule has 0 saturated heterocycles. The molecule has 2 rings (SSSR count). The lowest BCUT2D eigenvalue weighted by molar-refractivity contribution is -0.122. The molecule has 1 aromatic rings. The van der Waals surface area contributed by atoms with E-state index in [1.54, 1.807) is 0 Å². The highest BCUT2D eigenvalue weighted by molar-refractivity contribution is 8.13. The van der Waals surface area contributed by atoms with Gasteiger partial charge in [-0.2, -0.15) is 0 Å². The number of carbonyl (C=O) groups excluding carboxylic acids is 1. The fraction of sp³-hybridized carbons (Fsp3) is 0.462. The average Bonchev–Trinajstić information content (AvgIpc) is 2.77. The quantitative estimate of drug-likeness (QED) is 0.860. The zero-order valence-electron chi connectivity index (χ0n) is 11.2. The van der Waals surface area contributed by atoms with Crippen LogP contribution in [0.2, 0.25) is 0 Å². The van der Waals surface area contributed by atoms with Crippen LogP contribution in [0.25, 0.3) is 0 Å². The largest absolute Gasteiger partial charge is 0.492 e. The first kappa shape index (κ1) is 15.1. The summed E-state index contributed by atoms with van der Waals surface area (Å²) in [6.07, 6.45) is 0. The van der Waals surface area contributed by atoms with E-state index < -0.39 is 15.0 Å². The third-order valence-electron chi connectivity index (χ3n) is 3.04. The van der Waals surface area contributed by atoms with Crippen molar-refractivity contribution in [3.8, 4) is 5.75 Å². The summed E-state index contributed by atoms with van der Waals surface area (Å²) in [6.45, 7) is 4.78. The smallest absolute Gasteiger partial charge is 0.261 e. The average molecular weight is 318 g/mol. The summed E-state index contributed by atoms with van der Waals surface area (Å²) in [6, 6.07) is 4.31. The molecule has 5 nitrogen and oxygen atoms in total. The number of halogens is 1. The Labute approximate surface area is 122 Å². The Bertz CT molecular complexity index is 627. The highest BCUT2D eigenvalue weighted by Gasteiger charge is 2.31. The molecule has 0 aromatic heterocycles. The fourth-order valence-electron chi connectivity index (χ4n) is 1.99. The molecule has 1 unspecified atom stereocenters. The maximum atomic E-state index is 12.1. The van der Waals surface area contributed by atoms with Crippen molar-refractivity contribution in [1.82, 2.24) is 5.32 Å². The van der Waals surface area contributed by atoms with Crippen LogP contribution in [0.4, 0.5) is 0 Å². The van der Waals surface area contributed by atoms with Gasteiger partial charge in [0.1, 0.15) is 18.3 Å². The van der Waals surface area contributed by atoms with Crippen LogP contribution in [-0.4, -0.2) is 27.5 Å². The van der Waals surface area contributed by atoms with Crippen LogP contribution in [0.5, 0.6) is 5.75 Å². The molecule has 1 aliphatic rings. The number of hydrogen-bond acceptors (Lipinski definition) is 4. The second-order valence-corrected chi connectivity index (χ2v) is 7.71. The lowest BCUT2D eigenvalue weighted by Crippen LogP contribution is -2.32. The monoisotopic (exact) mass is 317 g/mol. The number of benzene rings is 1. The summed E-state index contributed by atoms with van der Waals surface area (Å²) in [5.74, 6) is 0.206. The minimum atomic E-state index is -3.81. The summed E-state index contributed by atoms with van der Waals surface area (Å²) in [5.41, 5.74) is 0.563. The number of amides is 1. The van der Waals surface area contributed by atoms with E-state index in [0.29, 0.717) is 23.8 Å². The molecule has 1 aliphatic heterocycles. The van der Waals surface area contributed by atoms with E-state index in [2.05, 4.69) is 5.32 Å². The SMILES string of the molecule is CC(C)CNC(=O)C1COc2ccc(S(=O)(=O)Cl)cc21. The van der Waals surface area contributed by atoms with Gasteiger partial charge in [-0.15, -0.1) is 0 Å². The van der Waals surface area contributed by atoms with Crippen molar-refractivity contribution in [3.63, 3.8) is 0 Å². The summed E-state index contributed by atoms with van der Waals surface area (Å²) in [4.78, 5) is 12.1. The first-order valence-electron chi connectivity index (χ1n) is 6.28. The summed E-state index contributed by atoms with van der Waals surface area (Å²) >= 11 is 0. The van der Waals surface area contributed by atoms with Gasteiger partial charge in [-0.3, -0.25) is 4.79 Å². The highest BCUT2D eigenvalue weighted by atomic mass is 35.7. The van der Waals surface area contributed by atoms with Gasteiger partial charge in [0.15, 0.2) is 0 Å². The third kappa shape index (κ3) is 3.24. The molecule has 0 bridgehead atoms. The van der Waals surface area contributed by atoms with Crippen LogP contribution in [0.15, 0.2) is 23.1 Å². The van der Waals surface area contributed by atoms with Gasteiger partial charge in [0.25, 0.3) is 9.05 Å². The van der Waals surface area contributed by atoms with E-state index in [4.69, 9.17) is 15.4 Å². The molecular formula is C13H16ClNO4S. The van der Waals surface area contributed by atoms with Crippen LogP contribution in [0.3, 0.4) is 0 Å². The fourth-order valence-corrected chi connectivity index (χ4v) is 2.78. The molecule has 1 aromatic carbocycles. The highest BCUT2D eigenvalue weighted by Crippen LogP contribution is 2.36. The molecule has 1 heterocycles. The van der Waals surface area contributed by atoms with Gasteiger partial charge in [-0.05, 0) is 24.1 Å². The van der Waals surface area contributed by atoms with E-state index in [-0.39, 0.29) is 17.4 Å². The zero-order chi connectivity index (χ0) is 14.9. The number of fused-ring (bicyclic) bond motifs is 1. The number of ether oxygens (including phenoxy) is 1. The molecule has 1 atom stereocenters. The van der Waals surface area contributed by atoms with Crippen molar-refractivity contribution >= 4 is 25.6 Å². The summed E-state index contributed by atoms with van der Waals surface area (Å²) < 4.78 is 28.1. The van der Waals surface area contributed by atoms with E-state index >= 15 is 0 Å². The van der Waals surface area contributed by atoms with Crippen molar-refractivity contribution < 1.29 is 17.9 Å². The molecule has 20 heavy (non-hydrogen) atoms. The Kier molecular flexibility index (Phi) is 4.25. The number of carbonyl (C=O) groups is 1. The Balaban J connectivity index is 2.25. The zero-order valence-corrected chi connectivity index (χ0v) is 12.8. The predicted molar refractivity (Wildman–Crippen MR) is 75.6 cm³/mol. The van der Waals surface area contributed by atoms with E-state index in [1.807, 2.05) is 13.8 Å². The Morgan fingerprint density at radius 2 is 2.20 bits per heavy atom. The Hall–Kier alpha value is -1.27. The first-order valence-corrected chi connectivity index (χ1v) is 8.59. The third-order valence-corrected chi connectivity index (χ3v) is 4.40. The van der Waals surface area contributed by atoms with Gasteiger partial charge in [-0.1, -0.05) is 13.8 Å². The van der Waals surface area contributed by atoms with Gasteiger partial charge < -0.3 is 10.1 Å². The topological polar surface area (TPSA) is 72.5 Å². The molecule has 0 spiro atoms. The summed E-state index contributed by atoms with van der Waals surface area (Å²) in [7, 11) is 1.51. The van der Waals surface area contributed by atoms with Crippen LogP contribution in [0, 0.1) is 5.92 Å². The van der Waals surface area contributed by atoms with E-state index in [9.17, 15) is 13.2 Å². The minimum absolute atomic E-state index is 0.0231. The van der Waals surface area contributed by atoms with Crippen molar-refractivity contribution in [2.24, 2.45) is 5.92 Å². The standard InChI is InChI=1S/C13H16ClNO4S/c1-8(2)6-15-13(16)11-7-19-12-4-3-9(5-10(11)12)20(14,17)18/h3-5,8,11H,6-7H2,1-2H3,(H,15,16). The number of nitrogens with one attached hydrogen (secondary N) is 1. The number of hydrogen-bond donors (Lipinski definition) is 1. The molecular weight excluding hydrogens is 302 g/mol. The molecule has 0 saturated carbocycles. The molecule has 110 valence electrons. The van der Waals surface area contributed by atoms with Crippen molar-refractivity contribution in [3.05, 3.63) is 23.8 Å². The molecule has 7 heteroatoms. The second kappa shape index (κ2) is 5.61. The maximum absolute atomic E-state index is 12.1. The van der Waals surface area contributed by atoms with Gasteiger partial charge in [0, 0.05) is 22.8 Å².